The molecule has 1 aromatic rings. The zero-order chi connectivity index (χ0) is 13.5. The lowest BCUT2D eigenvalue weighted by Gasteiger charge is -2.36. The maximum absolute atomic E-state index is 12.7. The standard InChI is InChI=1S/C12H15F3N4/c13-12(14,15)9-3-8-4-17-7-10-6-16-1-2-19(10)11(8)18-5-9/h3,5,10,16-17H,1-2,4,6-7H2/t10-/m1/s1. The van der Waals surface area contributed by atoms with Gasteiger partial charge in [-0.2, -0.15) is 13.2 Å². The summed E-state index contributed by atoms with van der Waals surface area (Å²) < 4.78 is 38.1. The van der Waals surface area contributed by atoms with Gasteiger partial charge in [0.25, 0.3) is 0 Å². The first-order valence-corrected chi connectivity index (χ1v) is 6.30. The van der Waals surface area contributed by atoms with Crippen molar-refractivity contribution in [1.29, 1.82) is 0 Å². The molecule has 7 heteroatoms. The van der Waals surface area contributed by atoms with Crippen LogP contribution in [0, 0.1) is 0 Å². The lowest BCUT2D eigenvalue weighted by atomic mass is 10.1. The summed E-state index contributed by atoms with van der Waals surface area (Å²) in [5.41, 5.74) is -0.0548. The van der Waals surface area contributed by atoms with Crippen LogP contribution >= 0.6 is 0 Å². The molecule has 2 N–H and O–H groups in total. The first-order chi connectivity index (χ1) is 9.05. The average Bonchev–Trinajstić information content (AvgIpc) is 2.56. The summed E-state index contributed by atoms with van der Waals surface area (Å²) in [6.07, 6.45) is -3.40. The molecule has 0 aromatic carbocycles. The Balaban J connectivity index is 1.99. The highest BCUT2D eigenvalue weighted by Gasteiger charge is 2.34. The topological polar surface area (TPSA) is 40.2 Å². The molecular formula is C12H15F3N4. The Morgan fingerprint density at radius 2 is 2.05 bits per heavy atom. The Morgan fingerprint density at radius 3 is 2.84 bits per heavy atom. The number of pyridine rings is 1. The normalized spacial score (nSPS) is 23.5. The Labute approximate surface area is 109 Å². The van der Waals surface area contributed by atoms with Crippen molar-refractivity contribution in [2.75, 3.05) is 31.1 Å². The molecule has 0 spiro atoms. The molecule has 0 bridgehead atoms. The first kappa shape index (κ1) is 12.7. The second-order valence-corrected chi connectivity index (χ2v) is 4.89. The summed E-state index contributed by atoms with van der Waals surface area (Å²) in [5, 5.41) is 6.48. The van der Waals surface area contributed by atoms with Crippen molar-refractivity contribution in [3.8, 4) is 0 Å². The van der Waals surface area contributed by atoms with Crippen molar-refractivity contribution in [2.45, 2.75) is 18.8 Å². The third-order valence-electron chi connectivity index (χ3n) is 3.59. The number of anilines is 1. The van der Waals surface area contributed by atoms with E-state index in [9.17, 15) is 13.2 Å². The molecule has 0 unspecified atom stereocenters. The number of hydrogen-bond acceptors (Lipinski definition) is 4. The van der Waals surface area contributed by atoms with Gasteiger partial charge in [-0.25, -0.2) is 4.98 Å². The van der Waals surface area contributed by atoms with E-state index < -0.39 is 11.7 Å². The predicted octanol–water partition coefficient (Wildman–Crippen LogP) is 0.982. The summed E-state index contributed by atoms with van der Waals surface area (Å²) in [4.78, 5) is 6.17. The monoisotopic (exact) mass is 272 g/mol. The van der Waals surface area contributed by atoms with Crippen molar-refractivity contribution in [3.63, 3.8) is 0 Å². The second kappa shape index (κ2) is 4.64. The van der Waals surface area contributed by atoms with Crippen LogP contribution in [-0.4, -0.2) is 37.2 Å². The molecule has 1 saturated heterocycles. The number of rotatable bonds is 0. The van der Waals surface area contributed by atoms with Gasteiger partial charge in [0.2, 0.25) is 0 Å². The predicted molar refractivity (Wildman–Crippen MR) is 64.9 cm³/mol. The van der Waals surface area contributed by atoms with E-state index in [1.165, 1.54) is 6.07 Å². The van der Waals surface area contributed by atoms with E-state index in [0.717, 1.165) is 32.4 Å². The number of fused-ring (bicyclic) bond motifs is 3. The number of halogens is 3. The molecule has 1 fully saturated rings. The Morgan fingerprint density at radius 1 is 1.26 bits per heavy atom. The molecule has 0 aliphatic carbocycles. The lowest BCUT2D eigenvalue weighted by Crippen LogP contribution is -2.54. The van der Waals surface area contributed by atoms with Gasteiger partial charge in [0.1, 0.15) is 5.82 Å². The minimum atomic E-state index is -4.34. The van der Waals surface area contributed by atoms with Crippen LogP contribution in [0.4, 0.5) is 19.0 Å². The Bertz CT molecular complexity index is 475. The fraction of sp³-hybridized carbons (Fsp3) is 0.583. The van der Waals surface area contributed by atoms with E-state index in [1.54, 1.807) is 0 Å². The highest BCUT2D eigenvalue weighted by atomic mass is 19.4. The van der Waals surface area contributed by atoms with Gasteiger partial charge >= 0.3 is 6.18 Å². The molecule has 19 heavy (non-hydrogen) atoms. The molecule has 4 nitrogen and oxygen atoms in total. The van der Waals surface area contributed by atoms with Crippen molar-refractivity contribution >= 4 is 5.82 Å². The largest absolute Gasteiger partial charge is 0.417 e. The fourth-order valence-corrected chi connectivity index (χ4v) is 2.64. The first-order valence-electron chi connectivity index (χ1n) is 6.30. The van der Waals surface area contributed by atoms with Gasteiger partial charge in [0, 0.05) is 44.5 Å². The van der Waals surface area contributed by atoms with Gasteiger partial charge in [-0.1, -0.05) is 0 Å². The molecule has 0 amide bonds. The molecule has 3 rings (SSSR count). The molecule has 104 valence electrons. The highest BCUT2D eigenvalue weighted by molar-refractivity contribution is 5.51. The second-order valence-electron chi connectivity index (χ2n) is 4.89. The van der Waals surface area contributed by atoms with Crippen molar-refractivity contribution in [1.82, 2.24) is 15.6 Å². The minimum absolute atomic E-state index is 0.249. The van der Waals surface area contributed by atoms with Gasteiger partial charge in [-0.3, -0.25) is 0 Å². The summed E-state index contributed by atoms with van der Waals surface area (Å²) >= 11 is 0. The van der Waals surface area contributed by atoms with Crippen LogP contribution in [0.3, 0.4) is 0 Å². The summed E-state index contributed by atoms with van der Waals surface area (Å²) in [6, 6.07) is 1.46. The zero-order valence-electron chi connectivity index (χ0n) is 10.3. The van der Waals surface area contributed by atoms with Gasteiger partial charge in [-0.05, 0) is 6.07 Å². The van der Waals surface area contributed by atoms with E-state index in [2.05, 4.69) is 20.5 Å². The van der Waals surface area contributed by atoms with E-state index in [0.29, 0.717) is 17.9 Å². The smallest absolute Gasteiger partial charge is 0.350 e. The summed E-state index contributed by atoms with van der Waals surface area (Å²) in [7, 11) is 0. The van der Waals surface area contributed by atoms with Crippen LogP contribution in [-0.2, 0) is 12.7 Å². The molecule has 3 heterocycles. The number of piperazine rings is 1. The van der Waals surface area contributed by atoms with Gasteiger partial charge in [0.15, 0.2) is 0 Å². The maximum Gasteiger partial charge on any atom is 0.417 e. The maximum atomic E-state index is 12.7. The Hall–Kier alpha value is -1.34. The molecule has 1 aromatic heterocycles. The zero-order valence-corrected chi connectivity index (χ0v) is 10.3. The van der Waals surface area contributed by atoms with Crippen LogP contribution in [0.1, 0.15) is 11.1 Å². The van der Waals surface area contributed by atoms with E-state index in [-0.39, 0.29) is 6.04 Å². The van der Waals surface area contributed by atoms with Gasteiger partial charge in [0.05, 0.1) is 11.6 Å². The molecule has 0 saturated carbocycles. The number of hydrogen-bond donors (Lipinski definition) is 2. The minimum Gasteiger partial charge on any atom is -0.350 e. The number of alkyl halides is 3. The van der Waals surface area contributed by atoms with Crippen molar-refractivity contribution in [2.24, 2.45) is 0 Å². The van der Waals surface area contributed by atoms with Gasteiger partial charge < -0.3 is 15.5 Å². The van der Waals surface area contributed by atoms with Crippen molar-refractivity contribution in [3.05, 3.63) is 23.4 Å². The quantitative estimate of drug-likeness (QED) is 0.738. The van der Waals surface area contributed by atoms with Crippen LogP contribution < -0.4 is 15.5 Å². The van der Waals surface area contributed by atoms with Crippen LogP contribution in [0.15, 0.2) is 12.3 Å². The lowest BCUT2D eigenvalue weighted by molar-refractivity contribution is -0.137. The van der Waals surface area contributed by atoms with Crippen LogP contribution in [0.5, 0.6) is 0 Å². The van der Waals surface area contributed by atoms with Gasteiger partial charge in [-0.15, -0.1) is 0 Å². The SMILES string of the molecule is FC(F)(F)c1cnc2c(c1)CNC[C@H]1CNCCN21. The molecule has 1 atom stereocenters. The summed E-state index contributed by atoms with van der Waals surface area (Å²) in [5.74, 6) is 0.685. The third kappa shape index (κ3) is 2.40. The molecule has 2 aliphatic rings. The Kier molecular flexibility index (Phi) is 3.10. The molecule has 0 radical (unpaired) electrons. The van der Waals surface area contributed by atoms with E-state index in [4.69, 9.17) is 0 Å². The molecular weight excluding hydrogens is 257 g/mol. The fourth-order valence-electron chi connectivity index (χ4n) is 2.64. The van der Waals surface area contributed by atoms with E-state index >= 15 is 0 Å². The summed E-state index contributed by atoms with van der Waals surface area (Å²) in [6.45, 7) is 3.62. The van der Waals surface area contributed by atoms with E-state index in [1.807, 2.05) is 0 Å². The van der Waals surface area contributed by atoms with Crippen LogP contribution in [0.25, 0.3) is 0 Å². The highest BCUT2D eigenvalue weighted by Crippen LogP contribution is 2.32. The van der Waals surface area contributed by atoms with Crippen LogP contribution in [0.2, 0.25) is 0 Å². The average molecular weight is 272 g/mol. The van der Waals surface area contributed by atoms with Crippen molar-refractivity contribution < 1.29 is 13.2 Å². The third-order valence-corrected chi connectivity index (χ3v) is 3.59. The number of nitrogens with zero attached hydrogens (tertiary/aromatic N) is 2. The molecule has 2 aliphatic heterocycles. The number of nitrogens with one attached hydrogen (secondary N) is 2. The number of aromatic nitrogens is 1.